The number of aliphatic hydroxyl groups is 1. The van der Waals surface area contributed by atoms with E-state index in [4.69, 9.17) is 0 Å². The minimum Gasteiger partial charge on any atom is -0.387 e. The van der Waals surface area contributed by atoms with Gasteiger partial charge in [-0.2, -0.15) is 11.8 Å². The second-order valence-electron chi connectivity index (χ2n) is 5.89. The van der Waals surface area contributed by atoms with Gasteiger partial charge >= 0.3 is 0 Å². The number of halogens is 1. The maximum Gasteiger partial charge on any atom is 0.191 e. The Kier molecular flexibility index (Phi) is 11.1. The average molecular weight is 429 g/mol. The fourth-order valence-electron chi connectivity index (χ4n) is 2.25. The standard InChI is InChI=1S/C15H31N3OS.HI/c1-5-16-14(17-10-8-12(3)4)18-11-15(19)9-7-13(15)20-6-2;/h12-13,19H,5-11H2,1-4H3,(H2,16,17,18);1H. The van der Waals surface area contributed by atoms with Gasteiger partial charge in [0.25, 0.3) is 0 Å². The first kappa shape index (κ1) is 21.3. The first-order valence-electron chi connectivity index (χ1n) is 7.88. The molecule has 1 aliphatic carbocycles. The highest BCUT2D eigenvalue weighted by Crippen LogP contribution is 2.41. The summed E-state index contributed by atoms with van der Waals surface area (Å²) in [6.45, 7) is 10.9. The highest BCUT2D eigenvalue weighted by molar-refractivity contribution is 14.0. The van der Waals surface area contributed by atoms with E-state index >= 15 is 0 Å². The smallest absolute Gasteiger partial charge is 0.191 e. The third-order valence-corrected chi connectivity index (χ3v) is 5.09. The Morgan fingerprint density at radius 1 is 1.38 bits per heavy atom. The Bertz CT molecular complexity index is 315. The molecule has 0 bridgehead atoms. The van der Waals surface area contributed by atoms with Crippen molar-refractivity contribution in [3.8, 4) is 0 Å². The highest BCUT2D eigenvalue weighted by Gasteiger charge is 2.45. The van der Waals surface area contributed by atoms with Crippen LogP contribution < -0.4 is 10.6 Å². The van der Waals surface area contributed by atoms with Crippen molar-refractivity contribution >= 4 is 41.7 Å². The van der Waals surface area contributed by atoms with Crippen molar-refractivity contribution in [2.24, 2.45) is 10.9 Å². The molecule has 0 aromatic carbocycles. The van der Waals surface area contributed by atoms with E-state index in [1.807, 2.05) is 11.8 Å². The monoisotopic (exact) mass is 429 g/mol. The number of hydrogen-bond donors (Lipinski definition) is 3. The van der Waals surface area contributed by atoms with Crippen molar-refractivity contribution in [2.75, 3.05) is 25.4 Å². The van der Waals surface area contributed by atoms with Crippen LogP contribution in [-0.2, 0) is 0 Å². The van der Waals surface area contributed by atoms with Crippen LogP contribution in [0.25, 0.3) is 0 Å². The van der Waals surface area contributed by atoms with Crippen molar-refractivity contribution in [1.29, 1.82) is 0 Å². The van der Waals surface area contributed by atoms with Crippen LogP contribution in [0.4, 0.5) is 0 Å². The number of guanidine groups is 1. The van der Waals surface area contributed by atoms with Gasteiger partial charge < -0.3 is 15.7 Å². The molecule has 21 heavy (non-hydrogen) atoms. The van der Waals surface area contributed by atoms with Crippen LogP contribution in [0.15, 0.2) is 4.99 Å². The maximum atomic E-state index is 10.5. The molecule has 2 unspecified atom stereocenters. The van der Waals surface area contributed by atoms with Crippen molar-refractivity contribution < 1.29 is 5.11 Å². The van der Waals surface area contributed by atoms with Crippen LogP contribution in [0.3, 0.4) is 0 Å². The van der Waals surface area contributed by atoms with Crippen molar-refractivity contribution in [3.63, 3.8) is 0 Å². The molecule has 0 heterocycles. The Hall–Kier alpha value is 0.310. The second kappa shape index (κ2) is 10.9. The molecule has 0 aromatic heterocycles. The summed E-state index contributed by atoms with van der Waals surface area (Å²) in [6, 6.07) is 0. The lowest BCUT2D eigenvalue weighted by Crippen LogP contribution is -2.53. The summed E-state index contributed by atoms with van der Waals surface area (Å²) in [5.41, 5.74) is -0.596. The molecule has 1 fully saturated rings. The predicted molar refractivity (Wildman–Crippen MR) is 105 cm³/mol. The first-order valence-corrected chi connectivity index (χ1v) is 8.92. The van der Waals surface area contributed by atoms with Gasteiger partial charge in [0.2, 0.25) is 0 Å². The Morgan fingerprint density at radius 2 is 2.10 bits per heavy atom. The molecule has 1 saturated carbocycles. The van der Waals surface area contributed by atoms with Crippen LogP contribution in [0, 0.1) is 5.92 Å². The van der Waals surface area contributed by atoms with Gasteiger partial charge in [-0.25, -0.2) is 0 Å². The molecule has 0 spiro atoms. The van der Waals surface area contributed by atoms with E-state index in [0.717, 1.165) is 44.1 Å². The Labute approximate surface area is 151 Å². The minimum atomic E-state index is -0.596. The van der Waals surface area contributed by atoms with Gasteiger partial charge in [0.1, 0.15) is 0 Å². The van der Waals surface area contributed by atoms with E-state index in [1.165, 1.54) is 0 Å². The first-order chi connectivity index (χ1) is 9.51. The van der Waals surface area contributed by atoms with Crippen LogP contribution in [0.1, 0.15) is 47.0 Å². The molecule has 0 aliphatic heterocycles. The Morgan fingerprint density at radius 3 is 2.57 bits per heavy atom. The molecule has 1 rings (SSSR count). The van der Waals surface area contributed by atoms with E-state index in [0.29, 0.717) is 17.7 Å². The zero-order chi connectivity index (χ0) is 15.0. The minimum absolute atomic E-state index is 0. The SMILES string of the molecule is CCNC(=NCC1(O)CCC1SCC)NCCC(C)C.I. The normalized spacial score (nSPS) is 25.2. The fraction of sp³-hybridized carbons (Fsp3) is 0.933. The lowest BCUT2D eigenvalue weighted by molar-refractivity contribution is -0.0154. The van der Waals surface area contributed by atoms with Gasteiger partial charge in [-0.15, -0.1) is 24.0 Å². The van der Waals surface area contributed by atoms with E-state index < -0.39 is 5.60 Å². The lowest BCUT2D eigenvalue weighted by Gasteiger charge is -2.44. The molecule has 6 heteroatoms. The molecule has 4 nitrogen and oxygen atoms in total. The van der Waals surface area contributed by atoms with Gasteiger partial charge in [0, 0.05) is 18.3 Å². The average Bonchev–Trinajstić information content (AvgIpc) is 2.40. The van der Waals surface area contributed by atoms with Gasteiger partial charge in [0.05, 0.1) is 12.1 Å². The highest BCUT2D eigenvalue weighted by atomic mass is 127. The molecule has 0 radical (unpaired) electrons. The summed E-state index contributed by atoms with van der Waals surface area (Å²) >= 11 is 1.85. The second-order valence-corrected chi connectivity index (χ2v) is 7.37. The maximum absolute atomic E-state index is 10.5. The summed E-state index contributed by atoms with van der Waals surface area (Å²) in [7, 11) is 0. The van der Waals surface area contributed by atoms with Crippen molar-refractivity contribution in [1.82, 2.24) is 10.6 Å². The van der Waals surface area contributed by atoms with E-state index in [1.54, 1.807) is 0 Å². The third kappa shape index (κ3) is 7.41. The fourth-order valence-corrected chi connectivity index (χ4v) is 3.44. The number of aliphatic imine (C=N–C) groups is 1. The number of nitrogens with zero attached hydrogens (tertiary/aromatic N) is 1. The topological polar surface area (TPSA) is 56.7 Å². The van der Waals surface area contributed by atoms with Crippen molar-refractivity contribution in [2.45, 2.75) is 57.8 Å². The Balaban J connectivity index is 0.00000400. The summed E-state index contributed by atoms with van der Waals surface area (Å²) in [6.07, 6.45) is 3.12. The van der Waals surface area contributed by atoms with Gasteiger partial charge in [-0.1, -0.05) is 20.8 Å². The lowest BCUT2D eigenvalue weighted by atomic mass is 9.79. The molecule has 0 aromatic rings. The number of hydrogen-bond acceptors (Lipinski definition) is 3. The third-order valence-electron chi connectivity index (χ3n) is 3.68. The summed E-state index contributed by atoms with van der Waals surface area (Å²) in [5.74, 6) is 2.57. The molecule has 126 valence electrons. The zero-order valence-corrected chi connectivity index (χ0v) is 17.0. The largest absolute Gasteiger partial charge is 0.387 e. The quantitative estimate of drug-likeness (QED) is 0.316. The van der Waals surface area contributed by atoms with Crippen LogP contribution >= 0.6 is 35.7 Å². The predicted octanol–water partition coefficient (Wildman–Crippen LogP) is 2.85. The van der Waals surface area contributed by atoms with E-state index in [-0.39, 0.29) is 24.0 Å². The summed E-state index contributed by atoms with van der Waals surface area (Å²) in [5, 5.41) is 17.5. The molecule has 3 N–H and O–H groups in total. The van der Waals surface area contributed by atoms with Gasteiger partial charge in [-0.05, 0) is 37.9 Å². The molecular weight excluding hydrogens is 397 g/mol. The number of rotatable bonds is 8. The number of nitrogens with one attached hydrogen (secondary N) is 2. The van der Waals surface area contributed by atoms with Crippen molar-refractivity contribution in [3.05, 3.63) is 0 Å². The van der Waals surface area contributed by atoms with Gasteiger partial charge in [0.15, 0.2) is 5.96 Å². The van der Waals surface area contributed by atoms with Gasteiger partial charge in [-0.3, -0.25) is 4.99 Å². The number of thioether (sulfide) groups is 1. The summed E-state index contributed by atoms with van der Waals surface area (Å²) < 4.78 is 0. The molecule has 2 atom stereocenters. The van der Waals surface area contributed by atoms with E-state index in [2.05, 4.69) is 43.3 Å². The summed E-state index contributed by atoms with van der Waals surface area (Å²) in [4.78, 5) is 4.57. The molecular formula is C15H32IN3OS. The van der Waals surface area contributed by atoms with Crippen LogP contribution in [0.2, 0.25) is 0 Å². The van der Waals surface area contributed by atoms with E-state index in [9.17, 15) is 5.11 Å². The molecule has 0 amide bonds. The molecule has 0 saturated heterocycles. The zero-order valence-electron chi connectivity index (χ0n) is 13.8. The molecule has 1 aliphatic rings. The van der Waals surface area contributed by atoms with Crippen LogP contribution in [0.5, 0.6) is 0 Å². The van der Waals surface area contributed by atoms with Crippen LogP contribution in [-0.4, -0.2) is 47.3 Å².